The number of benzene rings is 1. The van der Waals surface area contributed by atoms with Crippen LogP contribution in [0.25, 0.3) is 10.9 Å². The quantitative estimate of drug-likeness (QED) is 0.769. The Labute approximate surface area is 118 Å². The van der Waals surface area contributed by atoms with Gasteiger partial charge < -0.3 is 9.88 Å². The van der Waals surface area contributed by atoms with Crippen LogP contribution >= 0.6 is 0 Å². The lowest BCUT2D eigenvalue weighted by atomic mass is 10.2. The van der Waals surface area contributed by atoms with E-state index in [1.54, 1.807) is 0 Å². The summed E-state index contributed by atoms with van der Waals surface area (Å²) in [5.41, 5.74) is 3.34. The molecule has 4 heteroatoms. The van der Waals surface area contributed by atoms with E-state index in [9.17, 15) is 0 Å². The molecule has 0 fully saturated rings. The predicted molar refractivity (Wildman–Crippen MR) is 81.6 cm³/mol. The molecule has 0 saturated heterocycles. The molecule has 0 aliphatic carbocycles. The van der Waals surface area contributed by atoms with Crippen molar-refractivity contribution in [3.63, 3.8) is 0 Å². The normalized spacial score (nSPS) is 10.8. The van der Waals surface area contributed by atoms with E-state index < -0.39 is 0 Å². The van der Waals surface area contributed by atoms with E-state index in [1.807, 2.05) is 30.9 Å². The molecule has 0 bridgehead atoms. The molecule has 0 amide bonds. The third-order valence-corrected chi connectivity index (χ3v) is 3.34. The van der Waals surface area contributed by atoms with Crippen LogP contribution in [-0.4, -0.2) is 14.5 Å². The number of nitrogens with one attached hydrogen (secondary N) is 1. The van der Waals surface area contributed by atoms with Gasteiger partial charge >= 0.3 is 0 Å². The van der Waals surface area contributed by atoms with E-state index in [0.29, 0.717) is 0 Å². The monoisotopic (exact) mass is 266 g/mol. The van der Waals surface area contributed by atoms with E-state index in [4.69, 9.17) is 0 Å². The number of pyridine rings is 1. The average molecular weight is 266 g/mol. The van der Waals surface area contributed by atoms with Crippen molar-refractivity contribution in [1.29, 1.82) is 0 Å². The van der Waals surface area contributed by atoms with Gasteiger partial charge in [-0.1, -0.05) is 13.0 Å². The molecular weight excluding hydrogens is 248 g/mol. The molecule has 3 aromatic rings. The van der Waals surface area contributed by atoms with Crippen molar-refractivity contribution in [2.45, 2.75) is 26.4 Å². The molecule has 102 valence electrons. The molecule has 20 heavy (non-hydrogen) atoms. The maximum absolute atomic E-state index is 4.33. The molecule has 0 atom stereocenters. The van der Waals surface area contributed by atoms with Crippen LogP contribution in [0.5, 0.6) is 0 Å². The van der Waals surface area contributed by atoms with Gasteiger partial charge in [-0.05, 0) is 30.7 Å². The molecule has 1 aromatic carbocycles. The Balaban J connectivity index is 1.74. The highest BCUT2D eigenvalue weighted by Crippen LogP contribution is 2.17. The minimum atomic E-state index is 0.784. The minimum Gasteiger partial charge on any atom is -0.379 e. The smallest absolute Gasteiger partial charge is 0.0948 e. The number of rotatable bonds is 5. The molecule has 4 nitrogen and oxygen atoms in total. The summed E-state index contributed by atoms with van der Waals surface area (Å²) in [4.78, 5) is 8.54. The lowest BCUT2D eigenvalue weighted by Gasteiger charge is -2.09. The van der Waals surface area contributed by atoms with Gasteiger partial charge in [-0.3, -0.25) is 4.98 Å². The maximum atomic E-state index is 4.33. The van der Waals surface area contributed by atoms with Gasteiger partial charge in [0.2, 0.25) is 0 Å². The van der Waals surface area contributed by atoms with Crippen LogP contribution in [0.1, 0.15) is 19.0 Å². The maximum Gasteiger partial charge on any atom is 0.0948 e. The van der Waals surface area contributed by atoms with Gasteiger partial charge in [-0.2, -0.15) is 0 Å². The predicted octanol–water partition coefficient (Wildman–Crippen LogP) is 3.45. The Morgan fingerprint density at radius 1 is 1.25 bits per heavy atom. The topological polar surface area (TPSA) is 42.7 Å². The second-order valence-electron chi connectivity index (χ2n) is 4.84. The molecule has 1 N–H and O–H groups in total. The van der Waals surface area contributed by atoms with E-state index >= 15 is 0 Å². The summed E-state index contributed by atoms with van der Waals surface area (Å²) < 4.78 is 2.19. The van der Waals surface area contributed by atoms with Gasteiger partial charge in [0, 0.05) is 30.0 Å². The summed E-state index contributed by atoms with van der Waals surface area (Å²) in [6.45, 7) is 3.97. The van der Waals surface area contributed by atoms with Crippen molar-refractivity contribution in [2.75, 3.05) is 5.32 Å². The first-order chi connectivity index (χ1) is 9.86. The first-order valence-corrected chi connectivity index (χ1v) is 6.94. The molecule has 0 unspecified atom stereocenters. The number of anilines is 1. The zero-order chi connectivity index (χ0) is 13.8. The number of hydrogen-bond donors (Lipinski definition) is 1. The van der Waals surface area contributed by atoms with Gasteiger partial charge in [0.15, 0.2) is 0 Å². The number of aromatic nitrogens is 3. The molecule has 0 spiro atoms. The van der Waals surface area contributed by atoms with Crippen molar-refractivity contribution in [3.05, 3.63) is 54.7 Å². The van der Waals surface area contributed by atoms with Crippen LogP contribution in [0.4, 0.5) is 5.69 Å². The van der Waals surface area contributed by atoms with E-state index in [0.717, 1.165) is 36.1 Å². The standard InChI is InChI=1S/C16H18N4/c1-2-8-20-12-17-10-15(20)11-19-14-5-6-16-13(9-14)4-3-7-18-16/h3-7,9-10,12,19H,2,8,11H2,1H3. The minimum absolute atomic E-state index is 0.784. The van der Waals surface area contributed by atoms with Crippen molar-refractivity contribution < 1.29 is 0 Å². The van der Waals surface area contributed by atoms with E-state index in [1.165, 1.54) is 5.69 Å². The number of fused-ring (bicyclic) bond motifs is 1. The fraction of sp³-hybridized carbons (Fsp3) is 0.250. The number of hydrogen-bond acceptors (Lipinski definition) is 3. The molecule has 0 radical (unpaired) electrons. The van der Waals surface area contributed by atoms with Crippen molar-refractivity contribution in [2.24, 2.45) is 0 Å². The third kappa shape index (κ3) is 2.64. The van der Waals surface area contributed by atoms with Crippen LogP contribution in [0, 0.1) is 0 Å². The summed E-state index contributed by atoms with van der Waals surface area (Å²) in [7, 11) is 0. The van der Waals surface area contributed by atoms with Crippen LogP contribution in [-0.2, 0) is 13.1 Å². The highest BCUT2D eigenvalue weighted by Gasteiger charge is 2.02. The molecule has 0 aliphatic heterocycles. The molecule has 3 rings (SSSR count). The van der Waals surface area contributed by atoms with Crippen LogP contribution in [0.2, 0.25) is 0 Å². The summed E-state index contributed by atoms with van der Waals surface area (Å²) >= 11 is 0. The van der Waals surface area contributed by atoms with Gasteiger partial charge in [0.05, 0.1) is 24.1 Å². The fourth-order valence-electron chi connectivity index (χ4n) is 2.32. The number of imidazole rings is 1. The van der Waals surface area contributed by atoms with Gasteiger partial charge in [0.25, 0.3) is 0 Å². The summed E-state index contributed by atoms with van der Waals surface area (Å²) in [6.07, 6.45) is 6.75. The molecule has 2 heterocycles. The lowest BCUT2D eigenvalue weighted by Crippen LogP contribution is -2.06. The van der Waals surface area contributed by atoms with Crippen LogP contribution < -0.4 is 5.32 Å². The Bertz CT molecular complexity index is 702. The summed E-state index contributed by atoms with van der Waals surface area (Å²) in [5, 5.41) is 4.60. The van der Waals surface area contributed by atoms with E-state index in [-0.39, 0.29) is 0 Å². The van der Waals surface area contributed by atoms with E-state index in [2.05, 4.69) is 45.0 Å². The van der Waals surface area contributed by atoms with Crippen molar-refractivity contribution >= 4 is 16.6 Å². The second kappa shape index (κ2) is 5.74. The Morgan fingerprint density at radius 3 is 3.10 bits per heavy atom. The van der Waals surface area contributed by atoms with Crippen molar-refractivity contribution in [3.8, 4) is 0 Å². The van der Waals surface area contributed by atoms with Gasteiger partial charge in [-0.25, -0.2) is 4.98 Å². The summed E-state index contributed by atoms with van der Waals surface area (Å²) in [6, 6.07) is 10.3. The Kier molecular flexibility index (Phi) is 3.63. The fourth-order valence-corrected chi connectivity index (χ4v) is 2.32. The zero-order valence-electron chi connectivity index (χ0n) is 11.6. The number of nitrogens with zero attached hydrogens (tertiary/aromatic N) is 3. The zero-order valence-corrected chi connectivity index (χ0v) is 11.6. The summed E-state index contributed by atoms with van der Waals surface area (Å²) in [5.74, 6) is 0. The molecule has 0 saturated carbocycles. The second-order valence-corrected chi connectivity index (χ2v) is 4.84. The third-order valence-electron chi connectivity index (χ3n) is 3.34. The molecular formula is C16H18N4. The Morgan fingerprint density at radius 2 is 2.20 bits per heavy atom. The lowest BCUT2D eigenvalue weighted by molar-refractivity contribution is 0.651. The number of aryl methyl sites for hydroxylation is 1. The van der Waals surface area contributed by atoms with Crippen LogP contribution in [0.3, 0.4) is 0 Å². The largest absolute Gasteiger partial charge is 0.379 e. The first kappa shape index (κ1) is 12.7. The molecule has 2 aromatic heterocycles. The van der Waals surface area contributed by atoms with Gasteiger partial charge in [-0.15, -0.1) is 0 Å². The Hall–Kier alpha value is -2.36. The first-order valence-electron chi connectivity index (χ1n) is 6.94. The SMILES string of the molecule is CCCn1cncc1CNc1ccc2ncccc2c1. The van der Waals surface area contributed by atoms with Crippen molar-refractivity contribution in [1.82, 2.24) is 14.5 Å². The average Bonchev–Trinajstić information content (AvgIpc) is 2.93. The highest BCUT2D eigenvalue weighted by molar-refractivity contribution is 5.82. The van der Waals surface area contributed by atoms with Crippen LogP contribution in [0.15, 0.2) is 49.1 Å². The highest BCUT2D eigenvalue weighted by atomic mass is 15.1. The molecule has 0 aliphatic rings. The van der Waals surface area contributed by atoms with Gasteiger partial charge in [0.1, 0.15) is 0 Å².